The minimum Gasteiger partial charge on any atom is -0.371 e. The lowest BCUT2D eigenvalue weighted by molar-refractivity contribution is -0.126. The summed E-state index contributed by atoms with van der Waals surface area (Å²) in [6.07, 6.45) is 3.67. The van der Waals surface area contributed by atoms with Crippen LogP contribution in [-0.2, 0) is 17.8 Å². The molecule has 4 rings (SSSR count). The predicted octanol–water partition coefficient (Wildman–Crippen LogP) is 4.26. The number of nitrogens with one attached hydrogen (secondary N) is 1. The topological polar surface area (TPSA) is 35.6 Å². The number of fused-ring (bicyclic) bond motifs is 1. The van der Waals surface area contributed by atoms with Gasteiger partial charge in [0.25, 0.3) is 0 Å². The fourth-order valence-corrected chi connectivity index (χ4v) is 4.75. The summed E-state index contributed by atoms with van der Waals surface area (Å²) in [4.78, 5) is 17.1. The molecule has 4 nitrogen and oxygen atoms in total. The minimum absolute atomic E-state index is 0.0462. The third-order valence-corrected chi connectivity index (χ3v) is 6.64. The number of halogens is 2. The molecule has 0 spiro atoms. The Balaban J connectivity index is 1.16. The van der Waals surface area contributed by atoms with Crippen molar-refractivity contribution in [2.45, 2.75) is 32.2 Å². The molecular weight excluding hydrogens is 401 g/mol. The number of likely N-dealkylation sites (tertiary alicyclic amines) is 1. The number of rotatable bonds is 7. The second kappa shape index (κ2) is 9.80. The molecule has 0 unspecified atom stereocenters. The number of anilines is 1. The van der Waals surface area contributed by atoms with Gasteiger partial charge >= 0.3 is 0 Å². The van der Waals surface area contributed by atoms with Crippen molar-refractivity contribution < 1.29 is 9.18 Å². The largest absolute Gasteiger partial charge is 0.371 e. The van der Waals surface area contributed by atoms with Gasteiger partial charge in [0.2, 0.25) is 5.91 Å². The molecule has 0 aromatic heterocycles. The van der Waals surface area contributed by atoms with Crippen molar-refractivity contribution in [3.63, 3.8) is 0 Å². The standard InChI is InChI=1S/C24H29ClFN3O/c25-21-6-3-7-22(26)20(21)17-28-14-9-19(10-15-28)24(30)27-12-4-13-29-16-11-18-5-1-2-8-23(18)29/h1-3,5-8,19H,4,9-17H2,(H,27,30). The third kappa shape index (κ3) is 4.96. The van der Waals surface area contributed by atoms with Gasteiger partial charge in [-0.3, -0.25) is 9.69 Å². The summed E-state index contributed by atoms with van der Waals surface area (Å²) in [5, 5.41) is 3.59. The van der Waals surface area contributed by atoms with Gasteiger partial charge in [0, 0.05) is 48.4 Å². The summed E-state index contributed by atoms with van der Waals surface area (Å²) in [5.41, 5.74) is 3.31. The highest BCUT2D eigenvalue weighted by Gasteiger charge is 2.26. The zero-order valence-corrected chi connectivity index (χ0v) is 18.0. The van der Waals surface area contributed by atoms with Crippen LogP contribution in [-0.4, -0.2) is 43.5 Å². The van der Waals surface area contributed by atoms with Crippen LogP contribution in [0.3, 0.4) is 0 Å². The second-order valence-electron chi connectivity index (χ2n) is 8.26. The summed E-state index contributed by atoms with van der Waals surface area (Å²) in [7, 11) is 0. The van der Waals surface area contributed by atoms with E-state index in [0.717, 1.165) is 51.9 Å². The van der Waals surface area contributed by atoms with Crippen molar-refractivity contribution in [2.24, 2.45) is 5.92 Å². The molecule has 2 aliphatic heterocycles. The van der Waals surface area contributed by atoms with Crippen LogP contribution in [0.1, 0.15) is 30.4 Å². The fraction of sp³-hybridized carbons (Fsp3) is 0.458. The van der Waals surface area contributed by atoms with Crippen LogP contribution in [0.15, 0.2) is 42.5 Å². The van der Waals surface area contributed by atoms with Crippen molar-refractivity contribution in [1.29, 1.82) is 0 Å². The van der Waals surface area contributed by atoms with Crippen molar-refractivity contribution in [3.05, 3.63) is 64.4 Å². The van der Waals surface area contributed by atoms with Crippen LogP contribution in [0, 0.1) is 11.7 Å². The van der Waals surface area contributed by atoms with Gasteiger partial charge in [-0.1, -0.05) is 35.9 Å². The summed E-state index contributed by atoms with van der Waals surface area (Å²) < 4.78 is 14.0. The average molecular weight is 430 g/mol. The van der Waals surface area contributed by atoms with Gasteiger partial charge in [0.1, 0.15) is 5.82 Å². The number of piperidine rings is 1. The van der Waals surface area contributed by atoms with Crippen LogP contribution in [0.4, 0.5) is 10.1 Å². The van der Waals surface area contributed by atoms with Gasteiger partial charge in [-0.25, -0.2) is 4.39 Å². The molecule has 0 aliphatic carbocycles. The van der Waals surface area contributed by atoms with E-state index in [-0.39, 0.29) is 17.6 Å². The lowest BCUT2D eigenvalue weighted by atomic mass is 9.95. The van der Waals surface area contributed by atoms with Crippen LogP contribution < -0.4 is 10.2 Å². The Bertz CT molecular complexity index is 862. The summed E-state index contributed by atoms with van der Waals surface area (Å²) in [5.74, 6) is -0.0618. The first-order chi connectivity index (χ1) is 14.6. The quantitative estimate of drug-likeness (QED) is 0.668. The Labute approximate surface area is 183 Å². The molecule has 2 heterocycles. The maximum absolute atomic E-state index is 14.0. The van der Waals surface area contributed by atoms with Gasteiger partial charge in [0.15, 0.2) is 0 Å². The molecule has 1 amide bonds. The number of para-hydroxylation sites is 1. The summed E-state index contributed by atoms with van der Waals surface area (Å²) in [6.45, 7) is 4.82. The first-order valence-corrected chi connectivity index (χ1v) is 11.3. The van der Waals surface area contributed by atoms with Gasteiger partial charge in [-0.2, -0.15) is 0 Å². The van der Waals surface area contributed by atoms with Crippen molar-refractivity contribution in [1.82, 2.24) is 10.2 Å². The second-order valence-corrected chi connectivity index (χ2v) is 8.67. The molecule has 2 aromatic carbocycles. The highest BCUT2D eigenvalue weighted by Crippen LogP contribution is 2.27. The molecule has 30 heavy (non-hydrogen) atoms. The predicted molar refractivity (Wildman–Crippen MR) is 119 cm³/mol. The van der Waals surface area contributed by atoms with E-state index in [1.165, 1.54) is 17.3 Å². The number of carbonyl (C=O) groups is 1. The van der Waals surface area contributed by atoms with E-state index in [9.17, 15) is 9.18 Å². The van der Waals surface area contributed by atoms with E-state index in [1.54, 1.807) is 12.1 Å². The normalized spacial score (nSPS) is 17.2. The smallest absolute Gasteiger partial charge is 0.223 e. The van der Waals surface area contributed by atoms with E-state index < -0.39 is 0 Å². The van der Waals surface area contributed by atoms with Gasteiger partial charge in [0.05, 0.1) is 0 Å². The molecule has 0 atom stereocenters. The zero-order valence-electron chi connectivity index (χ0n) is 17.2. The molecular formula is C24H29ClFN3O. The molecule has 2 aliphatic rings. The highest BCUT2D eigenvalue weighted by molar-refractivity contribution is 6.31. The first-order valence-electron chi connectivity index (χ1n) is 10.9. The molecule has 0 bridgehead atoms. The molecule has 0 saturated carbocycles. The van der Waals surface area contributed by atoms with Crippen molar-refractivity contribution in [2.75, 3.05) is 37.6 Å². The van der Waals surface area contributed by atoms with Crippen LogP contribution in [0.5, 0.6) is 0 Å². The third-order valence-electron chi connectivity index (χ3n) is 6.29. The van der Waals surface area contributed by atoms with Crippen LogP contribution in [0.2, 0.25) is 5.02 Å². The van der Waals surface area contributed by atoms with E-state index >= 15 is 0 Å². The number of benzene rings is 2. The number of carbonyl (C=O) groups excluding carboxylic acids is 1. The number of nitrogens with zero attached hydrogens (tertiary/aromatic N) is 2. The number of hydrogen-bond acceptors (Lipinski definition) is 3. The molecule has 160 valence electrons. The van der Waals surface area contributed by atoms with E-state index in [1.807, 2.05) is 0 Å². The minimum atomic E-state index is -0.261. The lowest BCUT2D eigenvalue weighted by Gasteiger charge is -2.31. The summed E-state index contributed by atoms with van der Waals surface area (Å²) in [6, 6.07) is 13.4. The molecule has 1 fully saturated rings. The molecule has 1 N–H and O–H groups in total. The van der Waals surface area contributed by atoms with Gasteiger partial charge in [-0.15, -0.1) is 0 Å². The Morgan fingerprint density at radius 3 is 2.70 bits per heavy atom. The number of hydrogen-bond donors (Lipinski definition) is 1. The Kier molecular flexibility index (Phi) is 6.90. The highest BCUT2D eigenvalue weighted by atomic mass is 35.5. The Hall–Kier alpha value is -2.11. The monoisotopic (exact) mass is 429 g/mol. The zero-order chi connectivity index (χ0) is 20.9. The Morgan fingerprint density at radius 2 is 1.90 bits per heavy atom. The number of amides is 1. The SMILES string of the molecule is O=C(NCCCN1CCc2ccccc21)C1CCN(Cc2c(F)cccc2Cl)CC1. The van der Waals surface area contributed by atoms with E-state index in [0.29, 0.717) is 23.7 Å². The lowest BCUT2D eigenvalue weighted by Crippen LogP contribution is -2.41. The van der Waals surface area contributed by atoms with E-state index in [4.69, 9.17) is 11.6 Å². The van der Waals surface area contributed by atoms with Crippen LogP contribution >= 0.6 is 11.6 Å². The van der Waals surface area contributed by atoms with Crippen LogP contribution in [0.25, 0.3) is 0 Å². The van der Waals surface area contributed by atoms with Crippen molar-refractivity contribution in [3.8, 4) is 0 Å². The van der Waals surface area contributed by atoms with Gasteiger partial charge < -0.3 is 10.2 Å². The molecule has 0 radical (unpaired) electrons. The molecule has 6 heteroatoms. The summed E-state index contributed by atoms with van der Waals surface area (Å²) >= 11 is 6.14. The molecule has 1 saturated heterocycles. The maximum atomic E-state index is 14.0. The maximum Gasteiger partial charge on any atom is 0.223 e. The Morgan fingerprint density at radius 1 is 1.10 bits per heavy atom. The molecule has 2 aromatic rings. The van der Waals surface area contributed by atoms with Gasteiger partial charge in [-0.05, 0) is 62.5 Å². The first kappa shape index (κ1) is 21.1. The average Bonchev–Trinajstić information content (AvgIpc) is 3.17. The van der Waals surface area contributed by atoms with Crippen molar-refractivity contribution >= 4 is 23.2 Å². The van der Waals surface area contributed by atoms with E-state index in [2.05, 4.69) is 39.4 Å². The fourth-order valence-electron chi connectivity index (χ4n) is 4.52.